The third-order valence-corrected chi connectivity index (χ3v) is 5.86. The van der Waals surface area contributed by atoms with Gasteiger partial charge in [0.25, 0.3) is 12.4 Å². The number of piperidine rings is 2. The molecule has 1 atom stereocenters. The van der Waals surface area contributed by atoms with Gasteiger partial charge < -0.3 is 24.9 Å². The van der Waals surface area contributed by atoms with Gasteiger partial charge in [-0.2, -0.15) is 0 Å². The Labute approximate surface area is 178 Å². The van der Waals surface area contributed by atoms with E-state index in [1.54, 1.807) is 11.8 Å². The molecule has 2 amide bonds. The Kier molecular flexibility index (Phi) is 8.37. The monoisotopic (exact) mass is 419 g/mol. The zero-order valence-electron chi connectivity index (χ0n) is 18.1. The molecule has 0 saturated carbocycles. The molecule has 0 aliphatic carbocycles. The number of aliphatic hydroxyl groups excluding tert-OH is 1. The number of benzene rings is 1. The summed E-state index contributed by atoms with van der Waals surface area (Å²) in [6, 6.07) is 7.85. The van der Waals surface area contributed by atoms with Gasteiger partial charge in [0.2, 0.25) is 5.91 Å². The van der Waals surface area contributed by atoms with Gasteiger partial charge in [0.05, 0.1) is 6.10 Å². The second kappa shape index (κ2) is 10.5. The highest BCUT2D eigenvalue weighted by molar-refractivity contribution is 5.94. The van der Waals surface area contributed by atoms with Crippen molar-refractivity contribution >= 4 is 18.3 Å². The number of likely N-dealkylation sites (tertiary alicyclic amines) is 2. The number of carbonyl (C=O) groups is 3. The maximum absolute atomic E-state index is 12.9. The fourth-order valence-corrected chi connectivity index (χ4v) is 4.49. The minimum absolute atomic E-state index is 0.0179. The molecule has 8 heteroatoms. The van der Waals surface area contributed by atoms with Gasteiger partial charge in [0, 0.05) is 45.2 Å². The molecule has 0 aromatic heterocycles. The molecule has 2 fully saturated rings. The van der Waals surface area contributed by atoms with E-state index < -0.39 is 6.10 Å². The molecule has 2 aliphatic heterocycles. The Balaban J connectivity index is 0.00000101. The summed E-state index contributed by atoms with van der Waals surface area (Å²) in [5.74, 6) is 0.0922. The summed E-state index contributed by atoms with van der Waals surface area (Å²) in [5.41, 5.74) is 1.80. The Hall–Kier alpha value is -2.45. The van der Waals surface area contributed by atoms with E-state index in [-0.39, 0.29) is 23.7 Å². The summed E-state index contributed by atoms with van der Waals surface area (Å²) in [6.45, 7) is 4.59. The van der Waals surface area contributed by atoms with Crippen LogP contribution in [-0.2, 0) is 16.1 Å². The van der Waals surface area contributed by atoms with Crippen molar-refractivity contribution in [3.8, 4) is 0 Å². The van der Waals surface area contributed by atoms with Gasteiger partial charge in [-0.05, 0) is 56.5 Å². The summed E-state index contributed by atoms with van der Waals surface area (Å²) in [4.78, 5) is 38.9. The number of carbonyl (C=O) groups excluding carboxylic acids is 2. The fraction of sp³-hybridized carbons (Fsp3) is 0.591. The van der Waals surface area contributed by atoms with Crippen LogP contribution in [0.1, 0.15) is 42.1 Å². The molecule has 166 valence electrons. The number of hydrogen-bond donors (Lipinski definition) is 2. The first-order valence-electron chi connectivity index (χ1n) is 10.2. The molecule has 2 saturated heterocycles. The van der Waals surface area contributed by atoms with Gasteiger partial charge in [-0.15, -0.1) is 0 Å². The average Bonchev–Trinajstić information content (AvgIpc) is 2.68. The van der Waals surface area contributed by atoms with Crippen molar-refractivity contribution in [1.82, 2.24) is 14.7 Å². The maximum atomic E-state index is 12.9. The van der Waals surface area contributed by atoms with Crippen LogP contribution >= 0.6 is 0 Å². The van der Waals surface area contributed by atoms with E-state index in [2.05, 4.69) is 4.90 Å². The van der Waals surface area contributed by atoms with Gasteiger partial charge >= 0.3 is 0 Å². The minimum Gasteiger partial charge on any atom is -0.483 e. The molecular formula is C22H33N3O5. The highest BCUT2D eigenvalue weighted by atomic mass is 16.3. The Morgan fingerprint density at radius 1 is 1.23 bits per heavy atom. The van der Waals surface area contributed by atoms with E-state index in [0.29, 0.717) is 26.2 Å². The van der Waals surface area contributed by atoms with Crippen LogP contribution in [0.15, 0.2) is 24.3 Å². The number of hydrogen-bond acceptors (Lipinski definition) is 5. The molecule has 1 aromatic rings. The zero-order chi connectivity index (χ0) is 22.3. The topological polar surface area (TPSA) is 101 Å². The van der Waals surface area contributed by atoms with Crippen molar-refractivity contribution in [1.29, 1.82) is 0 Å². The maximum Gasteiger partial charge on any atom is 0.290 e. The highest BCUT2D eigenvalue weighted by Crippen LogP contribution is 2.40. The van der Waals surface area contributed by atoms with Crippen LogP contribution in [-0.4, -0.2) is 89.6 Å². The Bertz CT molecular complexity index is 744. The largest absolute Gasteiger partial charge is 0.483 e. The van der Waals surface area contributed by atoms with E-state index in [4.69, 9.17) is 9.90 Å². The predicted octanol–water partition coefficient (Wildman–Crippen LogP) is 1.28. The third-order valence-electron chi connectivity index (χ3n) is 5.86. The Morgan fingerprint density at radius 2 is 1.87 bits per heavy atom. The van der Waals surface area contributed by atoms with Gasteiger partial charge in [-0.3, -0.25) is 14.4 Å². The van der Waals surface area contributed by atoms with Gasteiger partial charge in [0.1, 0.15) is 0 Å². The van der Waals surface area contributed by atoms with Gasteiger partial charge in [0.15, 0.2) is 0 Å². The molecule has 30 heavy (non-hydrogen) atoms. The molecular weight excluding hydrogens is 386 g/mol. The van der Waals surface area contributed by atoms with E-state index in [1.165, 1.54) is 0 Å². The normalized spacial score (nSPS) is 20.5. The Morgan fingerprint density at radius 3 is 2.43 bits per heavy atom. The first-order valence-corrected chi connectivity index (χ1v) is 10.2. The second-order valence-electron chi connectivity index (χ2n) is 8.59. The van der Waals surface area contributed by atoms with Crippen LogP contribution in [0.2, 0.25) is 0 Å². The molecule has 3 rings (SSSR count). The summed E-state index contributed by atoms with van der Waals surface area (Å²) >= 11 is 0. The molecule has 0 radical (unpaired) electrons. The van der Waals surface area contributed by atoms with E-state index in [1.807, 2.05) is 43.3 Å². The van der Waals surface area contributed by atoms with E-state index in [0.717, 1.165) is 36.9 Å². The number of nitrogens with zero attached hydrogens (tertiary/aromatic N) is 3. The zero-order valence-corrected chi connectivity index (χ0v) is 18.1. The fourth-order valence-electron chi connectivity index (χ4n) is 4.49. The number of carboxylic acid groups (broad SMARTS) is 1. The predicted molar refractivity (Wildman–Crippen MR) is 113 cm³/mol. The standard InChI is InChI=1S/C21H31N3O3.CH2O2/c1-16(25)24-14-19(26)12-21(15-24)7-9-23(10-8-21)20(27)18-6-4-5-17(11-18)13-22(2)3;2-1-3/h4-6,11,19,26H,7-10,12-15H2,1-3H3;1H,(H,2,3). The van der Waals surface area contributed by atoms with Crippen LogP contribution in [0.4, 0.5) is 0 Å². The second-order valence-corrected chi connectivity index (χ2v) is 8.59. The molecule has 8 nitrogen and oxygen atoms in total. The number of β-amino-alcohol motifs (C(OH)–C–C–N with tert-alkyl or cyclic N) is 1. The van der Waals surface area contributed by atoms with Crippen molar-refractivity contribution in [2.75, 3.05) is 40.3 Å². The lowest BCUT2D eigenvalue weighted by Gasteiger charge is -2.49. The van der Waals surface area contributed by atoms with Crippen LogP contribution in [0.3, 0.4) is 0 Å². The number of aliphatic hydroxyl groups is 1. The van der Waals surface area contributed by atoms with E-state index >= 15 is 0 Å². The van der Waals surface area contributed by atoms with Crippen LogP contribution in [0.25, 0.3) is 0 Å². The average molecular weight is 420 g/mol. The third kappa shape index (κ3) is 6.27. The van der Waals surface area contributed by atoms with Crippen molar-refractivity contribution < 1.29 is 24.6 Å². The lowest BCUT2D eigenvalue weighted by molar-refractivity contribution is -0.137. The molecule has 2 N–H and O–H groups in total. The van der Waals surface area contributed by atoms with Crippen molar-refractivity contribution in [2.45, 2.75) is 38.8 Å². The molecule has 1 unspecified atom stereocenters. The first-order chi connectivity index (χ1) is 14.2. The quantitative estimate of drug-likeness (QED) is 0.716. The number of rotatable bonds is 3. The lowest BCUT2D eigenvalue weighted by atomic mass is 9.71. The lowest BCUT2D eigenvalue weighted by Crippen LogP contribution is -2.55. The van der Waals surface area contributed by atoms with Crippen molar-refractivity contribution in [3.05, 3.63) is 35.4 Å². The van der Waals surface area contributed by atoms with Gasteiger partial charge in [-0.1, -0.05) is 12.1 Å². The van der Waals surface area contributed by atoms with Crippen molar-refractivity contribution in [2.24, 2.45) is 5.41 Å². The molecule has 0 bridgehead atoms. The van der Waals surface area contributed by atoms with Gasteiger partial charge in [-0.25, -0.2) is 0 Å². The van der Waals surface area contributed by atoms with Crippen molar-refractivity contribution in [3.63, 3.8) is 0 Å². The van der Waals surface area contributed by atoms with Crippen LogP contribution in [0.5, 0.6) is 0 Å². The minimum atomic E-state index is -0.465. The number of amides is 2. The summed E-state index contributed by atoms with van der Waals surface area (Å²) in [7, 11) is 4.03. The molecule has 2 aliphatic rings. The molecule has 2 heterocycles. The smallest absolute Gasteiger partial charge is 0.290 e. The first kappa shape index (κ1) is 23.8. The van der Waals surface area contributed by atoms with E-state index in [9.17, 15) is 14.7 Å². The summed E-state index contributed by atoms with van der Waals surface area (Å²) < 4.78 is 0. The SMILES string of the molecule is CC(=O)N1CC(O)CC2(CCN(C(=O)c3cccc(CN(C)C)c3)CC2)C1.O=CO. The molecule has 1 aromatic carbocycles. The molecule has 1 spiro atoms. The highest BCUT2D eigenvalue weighted by Gasteiger charge is 2.43. The van der Waals surface area contributed by atoms with Crippen LogP contribution < -0.4 is 0 Å². The summed E-state index contributed by atoms with van der Waals surface area (Å²) in [5, 5.41) is 17.1. The van der Waals surface area contributed by atoms with Crippen LogP contribution in [0, 0.1) is 5.41 Å². The summed E-state index contributed by atoms with van der Waals surface area (Å²) in [6.07, 6.45) is 1.91.